The normalized spacial score (nSPS) is 26.3. The third-order valence-corrected chi connectivity index (χ3v) is 5.15. The van der Waals surface area contributed by atoms with E-state index in [1.165, 1.54) is 6.07 Å². The van der Waals surface area contributed by atoms with Gasteiger partial charge in [0.15, 0.2) is 12.0 Å². The van der Waals surface area contributed by atoms with Crippen molar-refractivity contribution in [3.05, 3.63) is 29.5 Å². The van der Waals surface area contributed by atoms with E-state index in [0.29, 0.717) is 55.9 Å². The Balaban J connectivity index is 1.64. The zero-order valence-electron chi connectivity index (χ0n) is 15.5. The van der Waals surface area contributed by atoms with Crippen LogP contribution in [-0.4, -0.2) is 50.2 Å². The molecule has 1 aromatic heterocycles. The van der Waals surface area contributed by atoms with Crippen molar-refractivity contribution < 1.29 is 32.2 Å². The number of halogens is 3. The van der Waals surface area contributed by atoms with Crippen molar-refractivity contribution in [1.82, 2.24) is 5.32 Å². The first kappa shape index (κ1) is 19.5. The number of hydrogen-bond acceptors (Lipinski definition) is 6. The second kappa shape index (κ2) is 7.55. The lowest BCUT2D eigenvalue weighted by Gasteiger charge is -2.30. The minimum Gasteiger partial charge on any atom is -0.455 e. The molecule has 154 valence electrons. The van der Waals surface area contributed by atoms with Crippen molar-refractivity contribution in [1.29, 1.82) is 0 Å². The minimum absolute atomic E-state index is 0.0651. The van der Waals surface area contributed by atoms with Crippen LogP contribution in [0.2, 0.25) is 0 Å². The summed E-state index contributed by atoms with van der Waals surface area (Å²) in [6.07, 6.45) is -4.86. The molecule has 3 heterocycles. The lowest BCUT2D eigenvalue weighted by Crippen LogP contribution is -2.38. The van der Waals surface area contributed by atoms with Gasteiger partial charge in [0.1, 0.15) is 5.58 Å². The summed E-state index contributed by atoms with van der Waals surface area (Å²) in [5.41, 5.74) is 0.0776. The summed E-state index contributed by atoms with van der Waals surface area (Å²) >= 11 is 0. The molecule has 2 aliphatic heterocycles. The summed E-state index contributed by atoms with van der Waals surface area (Å²) in [7, 11) is 0. The Morgan fingerprint density at radius 1 is 1.25 bits per heavy atom. The van der Waals surface area contributed by atoms with Crippen LogP contribution in [0.15, 0.2) is 22.6 Å². The highest BCUT2D eigenvalue weighted by atomic mass is 19.4. The van der Waals surface area contributed by atoms with E-state index in [-0.39, 0.29) is 18.0 Å². The van der Waals surface area contributed by atoms with Gasteiger partial charge in [-0.2, -0.15) is 13.2 Å². The third-order valence-electron chi connectivity index (χ3n) is 5.15. The molecule has 9 heteroatoms. The number of anilines is 1. The molecule has 4 rings (SSSR count). The predicted molar refractivity (Wildman–Crippen MR) is 96.2 cm³/mol. The van der Waals surface area contributed by atoms with Crippen LogP contribution in [0.5, 0.6) is 0 Å². The van der Waals surface area contributed by atoms with Crippen molar-refractivity contribution in [3.8, 4) is 0 Å². The average Bonchev–Trinajstić information content (AvgIpc) is 2.96. The zero-order chi connectivity index (χ0) is 19.9. The van der Waals surface area contributed by atoms with Gasteiger partial charge in [-0.15, -0.1) is 0 Å². The number of ether oxygens (including phenoxy) is 2. The first-order valence-electron chi connectivity index (χ1n) is 9.36. The van der Waals surface area contributed by atoms with Gasteiger partial charge in [-0.05, 0) is 31.5 Å². The highest BCUT2D eigenvalue weighted by Crippen LogP contribution is 2.41. The van der Waals surface area contributed by atoms with Crippen LogP contribution in [0.3, 0.4) is 0 Å². The van der Waals surface area contributed by atoms with Gasteiger partial charge in [-0.25, -0.2) is 0 Å². The minimum atomic E-state index is -4.45. The van der Waals surface area contributed by atoms with Crippen LogP contribution in [0.4, 0.5) is 18.9 Å². The summed E-state index contributed by atoms with van der Waals surface area (Å²) < 4.78 is 56.7. The SMILES string of the molecule is C[C@@H]1CO[C@H](CCN2CCNC(O)c3oc4ccc(C(F)(F)F)cc4c32)CO1. The summed E-state index contributed by atoms with van der Waals surface area (Å²) in [5, 5.41) is 13.6. The number of furan rings is 1. The Labute approximate surface area is 160 Å². The molecule has 6 nitrogen and oxygen atoms in total. The number of aliphatic hydroxyl groups is 1. The van der Waals surface area contributed by atoms with E-state index in [0.717, 1.165) is 12.1 Å². The zero-order valence-corrected chi connectivity index (χ0v) is 15.5. The molecule has 0 bridgehead atoms. The van der Waals surface area contributed by atoms with E-state index < -0.39 is 18.0 Å². The molecule has 1 aromatic carbocycles. The highest BCUT2D eigenvalue weighted by molar-refractivity contribution is 5.94. The van der Waals surface area contributed by atoms with Gasteiger partial charge in [-0.3, -0.25) is 5.32 Å². The third kappa shape index (κ3) is 3.84. The molecule has 0 saturated carbocycles. The van der Waals surface area contributed by atoms with Crippen LogP contribution in [0.1, 0.15) is 30.9 Å². The highest BCUT2D eigenvalue weighted by Gasteiger charge is 2.34. The van der Waals surface area contributed by atoms with Gasteiger partial charge in [0.05, 0.1) is 36.7 Å². The molecule has 0 radical (unpaired) electrons. The maximum atomic E-state index is 13.2. The second-order valence-electron chi connectivity index (χ2n) is 7.26. The van der Waals surface area contributed by atoms with Crippen LogP contribution < -0.4 is 10.2 Å². The molecule has 2 N–H and O–H groups in total. The number of benzene rings is 1. The van der Waals surface area contributed by atoms with Gasteiger partial charge in [0.25, 0.3) is 0 Å². The number of alkyl halides is 3. The smallest absolute Gasteiger partial charge is 0.416 e. The van der Waals surface area contributed by atoms with Gasteiger partial charge in [-0.1, -0.05) is 0 Å². The molecule has 2 aliphatic rings. The van der Waals surface area contributed by atoms with Gasteiger partial charge in [0, 0.05) is 25.0 Å². The van der Waals surface area contributed by atoms with Crippen LogP contribution >= 0.6 is 0 Å². The number of nitrogens with one attached hydrogen (secondary N) is 1. The Morgan fingerprint density at radius 2 is 2.07 bits per heavy atom. The molecular formula is C19H23F3N2O4. The van der Waals surface area contributed by atoms with Crippen LogP contribution in [0, 0.1) is 0 Å². The maximum absolute atomic E-state index is 13.2. The Bertz CT molecular complexity index is 830. The van der Waals surface area contributed by atoms with E-state index >= 15 is 0 Å². The molecular weight excluding hydrogens is 377 g/mol. The fourth-order valence-electron chi connectivity index (χ4n) is 3.66. The van der Waals surface area contributed by atoms with E-state index in [4.69, 9.17) is 13.9 Å². The molecule has 1 fully saturated rings. The van der Waals surface area contributed by atoms with Gasteiger partial charge in [0.2, 0.25) is 0 Å². The average molecular weight is 400 g/mol. The van der Waals surface area contributed by atoms with Crippen molar-refractivity contribution in [2.75, 3.05) is 37.7 Å². The molecule has 2 aromatic rings. The maximum Gasteiger partial charge on any atom is 0.416 e. The van der Waals surface area contributed by atoms with Crippen LogP contribution in [0.25, 0.3) is 11.0 Å². The molecule has 0 aliphatic carbocycles. The second-order valence-corrected chi connectivity index (χ2v) is 7.26. The standard InChI is InChI=1S/C19H23F3N2O4/c1-11-9-27-13(10-26-11)4-6-24-7-5-23-18(25)17-16(24)14-8-12(19(20,21)22)2-3-15(14)28-17/h2-3,8,11,13,18,23,25H,4-7,9-10H2,1H3/t11-,13-,18?/m1/s1. The lowest BCUT2D eigenvalue weighted by molar-refractivity contribution is -0.137. The monoisotopic (exact) mass is 400 g/mol. The number of hydrogen-bond donors (Lipinski definition) is 2. The number of aliphatic hydroxyl groups excluding tert-OH is 1. The van der Waals surface area contributed by atoms with Crippen molar-refractivity contribution in [3.63, 3.8) is 0 Å². The first-order chi connectivity index (χ1) is 13.3. The molecule has 0 amide bonds. The topological polar surface area (TPSA) is 67.1 Å². The van der Waals surface area contributed by atoms with Crippen molar-refractivity contribution in [2.45, 2.75) is 38.0 Å². The number of fused-ring (bicyclic) bond motifs is 3. The largest absolute Gasteiger partial charge is 0.455 e. The molecule has 1 saturated heterocycles. The molecule has 0 spiro atoms. The van der Waals surface area contributed by atoms with Crippen molar-refractivity contribution >= 4 is 16.7 Å². The Hall–Kier alpha value is -1.81. The lowest BCUT2D eigenvalue weighted by atomic mass is 10.1. The van der Waals surface area contributed by atoms with E-state index in [2.05, 4.69) is 5.32 Å². The Morgan fingerprint density at radius 3 is 2.79 bits per heavy atom. The summed E-state index contributed by atoms with van der Waals surface area (Å²) in [4.78, 5) is 1.95. The fourth-order valence-corrected chi connectivity index (χ4v) is 3.66. The summed E-state index contributed by atoms with van der Waals surface area (Å²) in [6, 6.07) is 3.38. The molecule has 28 heavy (non-hydrogen) atoms. The van der Waals surface area contributed by atoms with E-state index in [9.17, 15) is 18.3 Å². The Kier molecular flexibility index (Phi) is 5.26. The van der Waals surface area contributed by atoms with Gasteiger partial charge >= 0.3 is 6.18 Å². The first-order valence-corrected chi connectivity index (χ1v) is 9.36. The van der Waals surface area contributed by atoms with E-state index in [1.54, 1.807) is 0 Å². The van der Waals surface area contributed by atoms with Crippen molar-refractivity contribution in [2.24, 2.45) is 0 Å². The summed E-state index contributed by atoms with van der Waals surface area (Å²) in [6.45, 7) is 4.52. The van der Waals surface area contributed by atoms with Gasteiger partial charge < -0.3 is 23.9 Å². The number of rotatable bonds is 3. The quantitative estimate of drug-likeness (QED) is 0.826. The predicted octanol–water partition coefficient (Wildman–Crippen LogP) is 3.05. The molecule has 1 unspecified atom stereocenters. The number of nitrogens with zero attached hydrogens (tertiary/aromatic N) is 1. The van der Waals surface area contributed by atoms with Crippen LogP contribution in [-0.2, 0) is 15.7 Å². The van der Waals surface area contributed by atoms with E-state index in [1.807, 2.05) is 11.8 Å². The fraction of sp³-hybridized carbons (Fsp3) is 0.579. The summed E-state index contributed by atoms with van der Waals surface area (Å²) in [5.74, 6) is 0.237. The molecule has 3 atom stereocenters.